The van der Waals surface area contributed by atoms with Gasteiger partial charge in [0.05, 0.1) is 19.0 Å². The minimum atomic E-state index is -5.50. The maximum atomic E-state index is 12.3. The smallest absolute Gasteiger partial charge is 0.388 e. The molecule has 20 nitrogen and oxygen atoms in total. The number of nitrogen functional groups attached to an aromatic ring is 1. The highest BCUT2D eigenvalue weighted by Gasteiger charge is 2.49. The van der Waals surface area contributed by atoms with Gasteiger partial charge in [-0.1, -0.05) is 0 Å². The predicted octanol–water partition coefficient (Wildman–Crippen LogP) is -3.60. The monoisotopic (exact) mass is 589 g/mol. The number of hydrogen-bond donors (Lipinski definition) is 9. The van der Waals surface area contributed by atoms with Crippen LogP contribution in [0.3, 0.4) is 0 Å². The number of imidazole rings is 1. The number of hydrogen-bond acceptors (Lipinski definition) is 16. The SMILES string of the molecule is CC1OC(OP(=O)(O)OP(=O)(O)OC[C@H]2O[C@@H](n3cnc4c(=O)[nH]c(N)nc43)C(O)[C@H]2O)C(O)[C@@H](O)[C@@H]1O. The molecule has 0 aromatic carbocycles. The third-order valence-corrected chi connectivity index (χ3v) is 8.32. The maximum Gasteiger partial charge on any atom is 0.483 e. The van der Waals surface area contributed by atoms with Crippen LogP contribution in [0.4, 0.5) is 5.95 Å². The summed E-state index contributed by atoms with van der Waals surface area (Å²) in [5.41, 5.74) is 4.59. The molecule has 0 radical (unpaired) electrons. The van der Waals surface area contributed by atoms with Gasteiger partial charge in [-0.05, 0) is 6.92 Å². The van der Waals surface area contributed by atoms with Crippen LogP contribution in [-0.2, 0) is 32.0 Å². The topological polar surface area (TPSA) is 311 Å². The first-order valence-electron chi connectivity index (χ1n) is 10.7. The average Bonchev–Trinajstić information content (AvgIpc) is 3.35. The number of fused-ring (bicyclic) bond motifs is 1. The summed E-state index contributed by atoms with van der Waals surface area (Å²) in [5.74, 6) is -0.266. The Morgan fingerprint density at radius 3 is 2.42 bits per heavy atom. The van der Waals surface area contributed by atoms with Crippen molar-refractivity contribution in [2.45, 2.75) is 62.2 Å². The molecule has 38 heavy (non-hydrogen) atoms. The van der Waals surface area contributed by atoms with Crippen LogP contribution in [-0.4, -0.2) is 110 Å². The number of phosphoric acid groups is 2. The van der Waals surface area contributed by atoms with E-state index in [2.05, 4.69) is 28.3 Å². The first-order valence-corrected chi connectivity index (χ1v) is 13.7. The van der Waals surface area contributed by atoms with Crippen molar-refractivity contribution in [1.29, 1.82) is 0 Å². The molecule has 11 atom stereocenters. The molecule has 2 fully saturated rings. The molecule has 2 aromatic heterocycles. The Hall–Kier alpha value is -1.87. The van der Waals surface area contributed by atoms with Gasteiger partial charge in [0.2, 0.25) is 5.95 Å². The Morgan fingerprint density at radius 1 is 1.05 bits per heavy atom. The number of aliphatic hydroxyl groups excluding tert-OH is 5. The van der Waals surface area contributed by atoms with E-state index in [1.807, 2.05) is 0 Å². The van der Waals surface area contributed by atoms with Crippen LogP contribution in [0.5, 0.6) is 0 Å². The van der Waals surface area contributed by atoms with Crippen molar-refractivity contribution in [1.82, 2.24) is 19.5 Å². The van der Waals surface area contributed by atoms with Crippen LogP contribution in [0, 0.1) is 0 Å². The van der Waals surface area contributed by atoms with Crippen LogP contribution in [0.2, 0.25) is 0 Å². The van der Waals surface area contributed by atoms with Crippen LogP contribution < -0.4 is 11.3 Å². The maximum absolute atomic E-state index is 12.3. The Labute approximate surface area is 211 Å². The molecule has 0 amide bonds. The Morgan fingerprint density at radius 2 is 1.74 bits per heavy atom. The predicted molar refractivity (Wildman–Crippen MR) is 119 cm³/mol. The summed E-state index contributed by atoms with van der Waals surface area (Å²) in [7, 11) is -10.9. The number of nitrogens with two attached hydrogens (primary N) is 1. The molecule has 10 N–H and O–H groups in total. The van der Waals surface area contributed by atoms with Gasteiger partial charge in [0.1, 0.15) is 36.6 Å². The van der Waals surface area contributed by atoms with E-state index < -0.39 is 83.1 Å². The Kier molecular flexibility index (Phi) is 8.12. The number of H-pyrrole nitrogens is 1. The number of aliphatic hydroxyl groups is 5. The fourth-order valence-electron chi connectivity index (χ4n) is 3.80. The van der Waals surface area contributed by atoms with Crippen molar-refractivity contribution in [3.63, 3.8) is 0 Å². The van der Waals surface area contributed by atoms with E-state index in [0.29, 0.717) is 0 Å². The minimum Gasteiger partial charge on any atom is -0.388 e. The van der Waals surface area contributed by atoms with E-state index >= 15 is 0 Å². The van der Waals surface area contributed by atoms with Crippen molar-refractivity contribution in [2.24, 2.45) is 0 Å². The number of phosphoric ester groups is 2. The van der Waals surface area contributed by atoms with E-state index in [4.69, 9.17) is 15.2 Å². The molecule has 0 bridgehead atoms. The zero-order chi connectivity index (χ0) is 28.2. The van der Waals surface area contributed by atoms with Gasteiger partial charge in [0, 0.05) is 0 Å². The molecular formula is C16H25N5O15P2. The molecule has 214 valence electrons. The normalized spacial score (nSPS) is 37.2. The summed E-state index contributed by atoms with van der Waals surface area (Å²) in [6.45, 7) is 0.291. The van der Waals surface area contributed by atoms with E-state index in [1.165, 1.54) is 6.92 Å². The summed E-state index contributed by atoms with van der Waals surface area (Å²) in [4.78, 5) is 41.7. The third kappa shape index (κ3) is 5.83. The van der Waals surface area contributed by atoms with Gasteiger partial charge in [-0.2, -0.15) is 9.29 Å². The minimum absolute atomic E-state index is 0.0994. The first-order chi connectivity index (χ1) is 17.6. The molecule has 4 rings (SSSR count). The summed E-state index contributed by atoms with van der Waals surface area (Å²) >= 11 is 0. The molecule has 22 heteroatoms. The fraction of sp³-hybridized carbons (Fsp3) is 0.688. The van der Waals surface area contributed by atoms with E-state index in [1.54, 1.807) is 0 Å². The lowest BCUT2D eigenvalue weighted by atomic mass is 10.0. The molecule has 2 aliphatic heterocycles. The zero-order valence-corrected chi connectivity index (χ0v) is 21.0. The van der Waals surface area contributed by atoms with Crippen LogP contribution in [0.15, 0.2) is 11.1 Å². The lowest BCUT2D eigenvalue weighted by molar-refractivity contribution is -0.271. The van der Waals surface area contributed by atoms with Gasteiger partial charge in [-0.3, -0.25) is 23.4 Å². The first kappa shape index (κ1) is 29.1. The highest BCUT2D eigenvalue weighted by Crippen LogP contribution is 2.61. The van der Waals surface area contributed by atoms with Crippen LogP contribution >= 0.6 is 15.6 Å². The second-order valence-corrected chi connectivity index (χ2v) is 11.4. The standard InChI is InChI=1S/C16H25N5O15P2/c1-4-7(22)9(24)11(26)15(33-4)35-38(30,31)36-37(28,29)32-2-5-8(23)10(25)14(34-5)21-3-18-6-12(21)19-16(17)20-13(6)27/h3-5,7-11,14-15,22-26H,2H2,1H3,(H,28,29)(H,30,31)(H3,17,19,20,27)/t4?,5-,7-,8+,9+,10?,11?,14-,15?/m1/s1. The number of ether oxygens (including phenoxy) is 2. The average molecular weight is 589 g/mol. The summed E-state index contributed by atoms with van der Waals surface area (Å²) < 4.78 is 49.3. The Balaban J connectivity index is 1.39. The largest absolute Gasteiger partial charge is 0.483 e. The molecule has 0 saturated carbocycles. The lowest BCUT2D eigenvalue weighted by Crippen LogP contribution is -2.57. The van der Waals surface area contributed by atoms with Gasteiger partial charge in [0.25, 0.3) is 5.56 Å². The number of aromatic nitrogens is 4. The summed E-state index contributed by atoms with van der Waals surface area (Å²) in [6, 6.07) is 0. The number of rotatable bonds is 8. The van der Waals surface area contributed by atoms with Crippen molar-refractivity contribution in [2.75, 3.05) is 12.3 Å². The van der Waals surface area contributed by atoms with Gasteiger partial charge < -0.3 is 50.5 Å². The van der Waals surface area contributed by atoms with Crippen molar-refractivity contribution in [3.05, 3.63) is 16.7 Å². The second-order valence-electron chi connectivity index (χ2n) is 8.42. The van der Waals surface area contributed by atoms with Crippen molar-refractivity contribution in [3.8, 4) is 0 Å². The van der Waals surface area contributed by atoms with Crippen molar-refractivity contribution >= 4 is 32.8 Å². The molecule has 4 heterocycles. The van der Waals surface area contributed by atoms with Crippen LogP contribution in [0.1, 0.15) is 13.2 Å². The van der Waals surface area contributed by atoms with E-state index in [-0.39, 0.29) is 17.1 Å². The quantitative estimate of drug-likeness (QED) is 0.134. The molecule has 2 saturated heterocycles. The summed E-state index contributed by atoms with van der Waals surface area (Å²) in [6.07, 6.45) is -13.8. The van der Waals surface area contributed by atoms with Crippen LogP contribution in [0.25, 0.3) is 11.2 Å². The van der Waals surface area contributed by atoms with Gasteiger partial charge in [-0.15, -0.1) is 0 Å². The van der Waals surface area contributed by atoms with E-state index in [0.717, 1.165) is 10.9 Å². The van der Waals surface area contributed by atoms with Crippen molar-refractivity contribution < 1.29 is 67.3 Å². The number of nitrogens with one attached hydrogen (secondary N) is 1. The molecule has 0 aliphatic carbocycles. The highest BCUT2D eigenvalue weighted by molar-refractivity contribution is 7.61. The molecule has 2 aromatic rings. The number of anilines is 1. The third-order valence-electron chi connectivity index (χ3n) is 5.72. The molecule has 0 spiro atoms. The van der Waals surface area contributed by atoms with E-state index in [9.17, 15) is 49.2 Å². The van der Waals surface area contributed by atoms with Gasteiger partial charge in [-0.25, -0.2) is 14.1 Å². The number of aromatic amines is 1. The fourth-order valence-corrected chi connectivity index (χ4v) is 5.96. The lowest BCUT2D eigenvalue weighted by Gasteiger charge is -2.38. The van der Waals surface area contributed by atoms with Gasteiger partial charge >= 0.3 is 15.6 Å². The molecule has 2 aliphatic rings. The zero-order valence-electron chi connectivity index (χ0n) is 19.2. The highest BCUT2D eigenvalue weighted by atomic mass is 31.3. The molecular weight excluding hydrogens is 564 g/mol. The second kappa shape index (κ2) is 10.6. The van der Waals surface area contributed by atoms with Gasteiger partial charge in [0.15, 0.2) is 23.7 Å². The molecule has 6 unspecified atom stereocenters. The summed E-state index contributed by atoms with van der Waals surface area (Å²) in [5, 5.41) is 50.0. The number of nitrogens with zero attached hydrogens (tertiary/aromatic N) is 3. The Bertz CT molecular complexity index is 1320.